The number of nitrogens with two attached hydrogens (primary N) is 4. The van der Waals surface area contributed by atoms with Gasteiger partial charge in [-0.2, -0.15) is 0 Å². The van der Waals surface area contributed by atoms with Crippen molar-refractivity contribution in [3.8, 4) is 0 Å². The maximum Gasteiger partial charge on any atom is 0.243 e. The molecule has 0 spiro atoms. The van der Waals surface area contributed by atoms with Crippen molar-refractivity contribution in [2.24, 2.45) is 46.6 Å². The number of Topliss-reactive ketones (excluding diaryl/α,β-unsaturated/α-hetero) is 2. The Morgan fingerprint density at radius 3 is 1.65 bits per heavy atom. The van der Waals surface area contributed by atoms with E-state index in [1.807, 2.05) is 27.7 Å². The van der Waals surface area contributed by atoms with Crippen LogP contribution in [0.5, 0.6) is 0 Å². The van der Waals surface area contributed by atoms with Crippen LogP contribution in [-0.2, 0) is 49.6 Å². The summed E-state index contributed by atoms with van der Waals surface area (Å²) in [6, 6.07) is 1.95. The second-order valence-corrected chi connectivity index (χ2v) is 19.7. The minimum atomic E-state index is -1.24. The highest BCUT2D eigenvalue weighted by molar-refractivity contribution is 5.98. The van der Waals surface area contributed by atoms with E-state index in [4.69, 9.17) is 28.0 Å². The van der Waals surface area contributed by atoms with Gasteiger partial charge in [0.05, 0.1) is 12.1 Å². The van der Waals surface area contributed by atoms with Crippen molar-refractivity contribution >= 4 is 52.9 Å². The molecule has 1 aromatic carbocycles. The van der Waals surface area contributed by atoms with Crippen molar-refractivity contribution in [2.45, 2.75) is 167 Å². The van der Waals surface area contributed by atoms with Crippen LogP contribution in [0.1, 0.15) is 130 Å². The van der Waals surface area contributed by atoms with E-state index >= 15 is 0 Å². The van der Waals surface area contributed by atoms with Gasteiger partial charge in [0.15, 0.2) is 11.6 Å². The zero-order chi connectivity index (χ0) is 53.6. The number of benzene rings is 1. The number of ketones is 2. The highest BCUT2D eigenvalue weighted by atomic mass is 16.3. The molecule has 0 aliphatic carbocycles. The number of carbonyl (C=O) groups is 9. The van der Waals surface area contributed by atoms with E-state index in [0.29, 0.717) is 12.8 Å². The Kier molecular flexibility index (Phi) is 30.4. The van der Waals surface area contributed by atoms with Gasteiger partial charge in [0.25, 0.3) is 0 Å². The van der Waals surface area contributed by atoms with Crippen LogP contribution >= 0.6 is 0 Å². The lowest BCUT2D eigenvalue weighted by Gasteiger charge is -2.28. The van der Waals surface area contributed by atoms with E-state index in [9.17, 15) is 43.2 Å². The maximum atomic E-state index is 14.4. The fraction of sp³-hybridized carbons (Fsp3) is 0.706. The summed E-state index contributed by atoms with van der Waals surface area (Å²) in [5.41, 5.74) is 24.4. The third-order valence-corrected chi connectivity index (χ3v) is 12.5. The summed E-state index contributed by atoms with van der Waals surface area (Å²) < 4.78 is 0. The molecule has 1 aliphatic heterocycles. The first-order chi connectivity index (χ1) is 34.4. The number of hydrogen-bond donors (Lipinski definition) is 12. The molecule has 21 heteroatoms. The molecule has 0 aromatic heterocycles. The summed E-state index contributed by atoms with van der Waals surface area (Å²) in [4.78, 5) is 126. The molecule has 1 heterocycles. The molecule has 8 atom stereocenters. The second-order valence-electron chi connectivity index (χ2n) is 19.7. The maximum absolute atomic E-state index is 14.4. The van der Waals surface area contributed by atoms with Crippen molar-refractivity contribution in [2.75, 3.05) is 39.3 Å². The summed E-state index contributed by atoms with van der Waals surface area (Å²) in [5, 5.41) is 28.3. The van der Waals surface area contributed by atoms with Gasteiger partial charge in [-0.1, -0.05) is 77.3 Å². The van der Waals surface area contributed by atoms with Gasteiger partial charge >= 0.3 is 0 Å². The van der Waals surface area contributed by atoms with Crippen molar-refractivity contribution in [1.82, 2.24) is 37.2 Å². The zero-order valence-electron chi connectivity index (χ0n) is 43.1. The predicted octanol–water partition coefficient (Wildman–Crippen LogP) is -0.371. The van der Waals surface area contributed by atoms with E-state index in [1.54, 1.807) is 30.3 Å². The Morgan fingerprint density at radius 1 is 0.611 bits per heavy atom. The summed E-state index contributed by atoms with van der Waals surface area (Å²) in [5.74, 6) is -7.92. The van der Waals surface area contributed by atoms with Crippen LogP contribution < -0.4 is 60.2 Å². The molecule has 0 radical (unpaired) electrons. The molecule has 1 saturated heterocycles. The first-order valence-corrected chi connectivity index (χ1v) is 26.0. The van der Waals surface area contributed by atoms with E-state index in [0.717, 1.165) is 24.8 Å². The van der Waals surface area contributed by atoms with Gasteiger partial charge in [-0.3, -0.25) is 43.2 Å². The molecule has 7 amide bonds. The quantitative estimate of drug-likeness (QED) is 0.0557. The Labute approximate surface area is 425 Å². The normalized spacial score (nSPS) is 23.0. The average Bonchev–Trinajstić information content (AvgIpc) is 3.32. The SMILES string of the molecule is CC(C)C[C@@H]1NC(=O)[C@@H](Cc2ccccc2)CC(=O)[C@H](CCN)NC(=O)[C@@H](CC(=O)[C@@H](CCN)NC(=O)CCCCCCCO)CCNC(=O)[C@H](CC(C)C)NC(=O)[C@H](CCN)NC(=O)[C@H](CCN)NC1=O. The van der Waals surface area contributed by atoms with Gasteiger partial charge in [0, 0.05) is 44.2 Å². The van der Waals surface area contributed by atoms with Gasteiger partial charge in [-0.25, -0.2) is 0 Å². The van der Waals surface area contributed by atoms with Gasteiger partial charge in [0.1, 0.15) is 24.2 Å². The Morgan fingerprint density at radius 2 is 1.10 bits per heavy atom. The van der Waals surface area contributed by atoms with Gasteiger partial charge in [0.2, 0.25) is 41.4 Å². The largest absolute Gasteiger partial charge is 0.396 e. The summed E-state index contributed by atoms with van der Waals surface area (Å²) in [6.45, 7) is 7.29. The van der Waals surface area contributed by atoms with Crippen LogP contribution in [0.4, 0.5) is 0 Å². The molecular weight excluding hydrogens is 927 g/mol. The average molecular weight is 1010 g/mol. The Hall–Kier alpha value is -5.35. The van der Waals surface area contributed by atoms with E-state index in [1.165, 1.54) is 0 Å². The summed E-state index contributed by atoms with van der Waals surface area (Å²) >= 11 is 0. The number of aliphatic hydroxyl groups is 1. The highest BCUT2D eigenvalue weighted by Crippen LogP contribution is 2.19. The molecule has 2 rings (SSSR count). The van der Waals surface area contributed by atoms with Gasteiger partial charge in [-0.05, 0) is 108 Å². The fourth-order valence-electron chi connectivity index (χ4n) is 8.57. The predicted molar refractivity (Wildman–Crippen MR) is 274 cm³/mol. The molecule has 16 N–H and O–H groups in total. The number of unbranched alkanes of at least 4 members (excludes halogenated alkanes) is 4. The number of carbonyl (C=O) groups excluding carboxylic acids is 9. The first-order valence-electron chi connectivity index (χ1n) is 26.0. The number of aliphatic hydroxyl groups excluding tert-OH is 1. The second kappa shape index (κ2) is 34.9. The first kappa shape index (κ1) is 62.8. The van der Waals surface area contributed by atoms with Crippen LogP contribution in [0.25, 0.3) is 0 Å². The summed E-state index contributed by atoms with van der Waals surface area (Å²) in [6.07, 6.45) is 3.31. The number of nitrogens with one attached hydrogen (secondary N) is 7. The van der Waals surface area contributed by atoms with Crippen LogP contribution in [0, 0.1) is 23.7 Å². The number of rotatable bonds is 25. The molecule has 72 heavy (non-hydrogen) atoms. The van der Waals surface area contributed by atoms with E-state index in [2.05, 4.69) is 37.2 Å². The molecular formula is C51H87N11O10. The lowest BCUT2D eigenvalue weighted by Crippen LogP contribution is -2.59. The van der Waals surface area contributed by atoms with Crippen molar-refractivity contribution in [3.05, 3.63) is 35.9 Å². The monoisotopic (exact) mass is 1010 g/mol. The molecule has 21 nitrogen and oxygen atoms in total. The smallest absolute Gasteiger partial charge is 0.243 e. The molecule has 0 unspecified atom stereocenters. The molecule has 0 saturated carbocycles. The number of amides is 7. The minimum Gasteiger partial charge on any atom is -0.396 e. The van der Waals surface area contributed by atoms with Crippen LogP contribution in [-0.4, -0.2) is 134 Å². The Balaban J connectivity index is 2.68. The fourth-order valence-corrected chi connectivity index (χ4v) is 8.57. The molecule has 1 aliphatic rings. The summed E-state index contributed by atoms with van der Waals surface area (Å²) in [7, 11) is 0. The number of hydrogen-bond acceptors (Lipinski definition) is 14. The molecule has 1 aromatic rings. The van der Waals surface area contributed by atoms with Crippen LogP contribution in [0.15, 0.2) is 30.3 Å². The van der Waals surface area contributed by atoms with Crippen LogP contribution in [0.2, 0.25) is 0 Å². The topological polar surface area (TPSA) is 362 Å². The van der Waals surface area contributed by atoms with E-state index < -0.39 is 102 Å². The van der Waals surface area contributed by atoms with Crippen molar-refractivity contribution in [1.29, 1.82) is 0 Å². The lowest BCUT2D eigenvalue weighted by atomic mass is 9.89. The van der Waals surface area contributed by atoms with Crippen molar-refractivity contribution < 1.29 is 48.3 Å². The molecule has 0 bridgehead atoms. The van der Waals surface area contributed by atoms with Gasteiger partial charge < -0.3 is 65.3 Å². The third kappa shape index (κ3) is 23.9. The standard InChI is InChI=1S/C51H87N11O10/c1-32(2)27-41-48(69)56-25-20-35(30-43(64)37(16-21-52)57-45(66)15-11-6-5-7-12-26-63)46(67)58-38(17-22-53)44(65)31-36(29-34-13-9-8-10-14-34)47(68)61-42(28-33(3)4)51(72)60-39(18-23-54)49(70)59-40(19-24-55)50(71)62-41/h8-10,13-14,32-33,35-42,63H,5-7,11-12,15-31,52-55H2,1-4H3,(H,56,69)(H,57,66)(H,58,67)(H,59,70)(H,60,72)(H,61,68)(H,62,71)/t35-,36+,37-,38+,39+,40+,41+,42+/m1/s1. The Bertz CT molecular complexity index is 1870. The highest BCUT2D eigenvalue weighted by Gasteiger charge is 2.36. The third-order valence-electron chi connectivity index (χ3n) is 12.5. The lowest BCUT2D eigenvalue weighted by molar-refractivity contribution is -0.136. The van der Waals surface area contributed by atoms with Gasteiger partial charge in [-0.15, -0.1) is 0 Å². The van der Waals surface area contributed by atoms with E-state index in [-0.39, 0.29) is 121 Å². The minimum absolute atomic E-state index is 0.0284. The molecule has 406 valence electrons. The zero-order valence-corrected chi connectivity index (χ0v) is 43.1. The van der Waals surface area contributed by atoms with Crippen molar-refractivity contribution in [3.63, 3.8) is 0 Å². The molecule has 1 fully saturated rings. The van der Waals surface area contributed by atoms with Crippen LogP contribution in [0.3, 0.4) is 0 Å².